The molecule has 0 radical (unpaired) electrons. The number of ether oxygens (including phenoxy) is 1. The summed E-state index contributed by atoms with van der Waals surface area (Å²) in [5, 5.41) is 0.964. The van der Waals surface area contributed by atoms with E-state index in [1.165, 1.54) is 4.88 Å². The Kier molecular flexibility index (Phi) is 4.03. The van der Waals surface area contributed by atoms with Gasteiger partial charge in [0.2, 0.25) is 0 Å². The number of hydrogen-bond acceptors (Lipinski definition) is 6. The van der Waals surface area contributed by atoms with Crippen LogP contribution in [0.1, 0.15) is 37.4 Å². The number of aryl methyl sites for hydroxylation is 1. The van der Waals surface area contributed by atoms with Gasteiger partial charge in [-0.25, -0.2) is 15.8 Å². The van der Waals surface area contributed by atoms with Crippen molar-refractivity contribution in [2.45, 2.75) is 39.2 Å². The lowest BCUT2D eigenvalue weighted by Crippen LogP contribution is -2.30. The van der Waals surface area contributed by atoms with E-state index < -0.39 is 5.60 Å². The molecular formula is C13H20N4OS. The van der Waals surface area contributed by atoms with E-state index >= 15 is 0 Å². The van der Waals surface area contributed by atoms with Crippen LogP contribution in [0.3, 0.4) is 0 Å². The van der Waals surface area contributed by atoms with Crippen LogP contribution in [0.2, 0.25) is 0 Å². The molecule has 0 aliphatic rings. The summed E-state index contributed by atoms with van der Waals surface area (Å²) in [5.41, 5.74) is 2.22. The molecule has 5 nitrogen and oxygen atoms in total. The summed E-state index contributed by atoms with van der Waals surface area (Å²) >= 11 is 1.64. The van der Waals surface area contributed by atoms with Crippen LogP contribution in [0.4, 0.5) is 5.82 Å². The quantitative estimate of drug-likeness (QED) is 0.650. The molecule has 0 bridgehead atoms. The molecular weight excluding hydrogens is 260 g/mol. The van der Waals surface area contributed by atoms with Gasteiger partial charge in [0, 0.05) is 12.0 Å². The van der Waals surface area contributed by atoms with E-state index in [2.05, 4.69) is 36.2 Å². The van der Waals surface area contributed by atoms with Gasteiger partial charge in [0.15, 0.2) is 11.6 Å². The van der Waals surface area contributed by atoms with E-state index in [9.17, 15) is 0 Å². The molecule has 104 valence electrons. The summed E-state index contributed by atoms with van der Waals surface area (Å²) in [6.45, 7) is 6.21. The first-order valence-corrected chi connectivity index (χ1v) is 7.22. The van der Waals surface area contributed by atoms with Gasteiger partial charge in [-0.1, -0.05) is 13.8 Å². The van der Waals surface area contributed by atoms with E-state index in [1.54, 1.807) is 18.4 Å². The van der Waals surface area contributed by atoms with E-state index in [0.717, 1.165) is 23.1 Å². The normalized spacial score (nSPS) is 12.1. The maximum absolute atomic E-state index is 5.69. The molecule has 0 aliphatic heterocycles. The van der Waals surface area contributed by atoms with Crippen LogP contribution in [0.15, 0.2) is 6.07 Å². The maximum atomic E-state index is 5.69. The topological polar surface area (TPSA) is 73.1 Å². The molecule has 0 aromatic carbocycles. The average molecular weight is 280 g/mol. The van der Waals surface area contributed by atoms with Gasteiger partial charge in [-0.3, -0.25) is 0 Å². The Bertz CT molecular complexity index is 569. The molecule has 0 amide bonds. The van der Waals surface area contributed by atoms with Crippen LogP contribution in [-0.4, -0.2) is 17.1 Å². The monoisotopic (exact) mass is 280 g/mol. The molecule has 2 heterocycles. The van der Waals surface area contributed by atoms with E-state index in [4.69, 9.17) is 10.6 Å². The first-order chi connectivity index (χ1) is 9.10. The second kappa shape index (κ2) is 5.40. The largest absolute Gasteiger partial charge is 0.370 e. The third kappa shape index (κ3) is 2.31. The van der Waals surface area contributed by atoms with Gasteiger partial charge in [0.1, 0.15) is 10.4 Å². The zero-order chi connectivity index (χ0) is 14.0. The number of hydrazine groups is 1. The van der Waals surface area contributed by atoms with Crippen molar-refractivity contribution in [2.24, 2.45) is 5.84 Å². The van der Waals surface area contributed by atoms with Crippen LogP contribution < -0.4 is 11.3 Å². The second-order valence-corrected chi connectivity index (χ2v) is 5.76. The highest BCUT2D eigenvalue weighted by Gasteiger charge is 2.32. The number of nitrogens with zero attached hydrogens (tertiary/aromatic N) is 2. The predicted molar refractivity (Wildman–Crippen MR) is 79.2 cm³/mol. The Morgan fingerprint density at radius 1 is 1.37 bits per heavy atom. The van der Waals surface area contributed by atoms with Crippen molar-refractivity contribution in [1.29, 1.82) is 0 Å². The molecule has 2 rings (SSSR count). The van der Waals surface area contributed by atoms with Crippen molar-refractivity contribution >= 4 is 27.4 Å². The standard InChI is InChI=1S/C13H20N4OS/c1-5-13(6-2,18-4)12-15-10(17-14)9-7-8(3)19-11(9)16-12/h7H,5-6,14H2,1-4H3,(H,15,16,17). The summed E-state index contributed by atoms with van der Waals surface area (Å²) in [7, 11) is 1.70. The number of hydrogen-bond donors (Lipinski definition) is 2. The highest BCUT2D eigenvalue weighted by Crippen LogP contribution is 2.34. The minimum absolute atomic E-state index is 0.447. The van der Waals surface area contributed by atoms with Crippen LogP contribution in [0, 0.1) is 6.92 Å². The summed E-state index contributed by atoms with van der Waals surface area (Å²) in [4.78, 5) is 11.4. The number of nitrogen functional groups attached to an aromatic ring is 1. The van der Waals surface area contributed by atoms with Gasteiger partial charge >= 0.3 is 0 Å². The van der Waals surface area contributed by atoms with Crippen LogP contribution in [0.25, 0.3) is 10.2 Å². The van der Waals surface area contributed by atoms with Gasteiger partial charge in [-0.2, -0.15) is 0 Å². The Morgan fingerprint density at radius 2 is 2.05 bits per heavy atom. The van der Waals surface area contributed by atoms with E-state index in [1.807, 2.05) is 6.07 Å². The lowest BCUT2D eigenvalue weighted by Gasteiger charge is -2.28. The average Bonchev–Trinajstić information content (AvgIpc) is 2.80. The lowest BCUT2D eigenvalue weighted by molar-refractivity contribution is -0.0287. The van der Waals surface area contributed by atoms with Crippen molar-refractivity contribution in [2.75, 3.05) is 12.5 Å². The van der Waals surface area contributed by atoms with Crippen molar-refractivity contribution in [1.82, 2.24) is 9.97 Å². The van der Waals surface area contributed by atoms with Crippen molar-refractivity contribution < 1.29 is 4.74 Å². The Morgan fingerprint density at radius 3 is 2.58 bits per heavy atom. The first kappa shape index (κ1) is 14.2. The van der Waals surface area contributed by atoms with Crippen molar-refractivity contribution in [3.63, 3.8) is 0 Å². The van der Waals surface area contributed by atoms with E-state index in [-0.39, 0.29) is 0 Å². The molecule has 0 saturated heterocycles. The fourth-order valence-corrected chi connectivity index (χ4v) is 3.18. The number of thiophene rings is 1. The molecule has 0 unspecified atom stereocenters. The van der Waals surface area contributed by atoms with Gasteiger partial charge in [-0.05, 0) is 25.8 Å². The Hall–Kier alpha value is -1.24. The number of nitrogens with one attached hydrogen (secondary N) is 1. The van der Waals surface area contributed by atoms with Crippen LogP contribution >= 0.6 is 11.3 Å². The van der Waals surface area contributed by atoms with Crippen LogP contribution in [-0.2, 0) is 10.3 Å². The summed E-state index contributed by atoms with van der Waals surface area (Å²) in [6, 6.07) is 2.05. The third-order valence-corrected chi connectivity index (χ3v) is 4.54. The van der Waals surface area contributed by atoms with Crippen molar-refractivity contribution in [3.8, 4) is 0 Å². The molecule has 0 atom stereocenters. The number of aromatic nitrogens is 2. The zero-order valence-electron chi connectivity index (χ0n) is 11.8. The lowest BCUT2D eigenvalue weighted by atomic mass is 9.96. The summed E-state index contributed by atoms with van der Waals surface area (Å²) in [6.07, 6.45) is 1.64. The Labute approximate surface area is 117 Å². The predicted octanol–water partition coefficient (Wildman–Crippen LogP) is 2.95. The van der Waals surface area contributed by atoms with Crippen LogP contribution in [0.5, 0.6) is 0 Å². The molecule has 2 aromatic rings. The minimum atomic E-state index is -0.447. The highest BCUT2D eigenvalue weighted by molar-refractivity contribution is 7.18. The number of fused-ring (bicyclic) bond motifs is 1. The second-order valence-electron chi connectivity index (χ2n) is 4.52. The van der Waals surface area contributed by atoms with Gasteiger partial charge in [0.25, 0.3) is 0 Å². The maximum Gasteiger partial charge on any atom is 0.164 e. The van der Waals surface area contributed by atoms with Gasteiger partial charge < -0.3 is 10.2 Å². The third-order valence-electron chi connectivity index (χ3n) is 3.59. The zero-order valence-corrected chi connectivity index (χ0v) is 12.6. The summed E-state index contributed by atoms with van der Waals surface area (Å²) < 4.78 is 5.69. The molecule has 0 aliphatic carbocycles. The first-order valence-electron chi connectivity index (χ1n) is 6.40. The van der Waals surface area contributed by atoms with Gasteiger partial charge in [0.05, 0.1) is 5.39 Å². The van der Waals surface area contributed by atoms with Crippen molar-refractivity contribution in [3.05, 3.63) is 16.8 Å². The number of methoxy groups -OCH3 is 1. The highest BCUT2D eigenvalue weighted by atomic mass is 32.1. The molecule has 2 aromatic heterocycles. The molecule has 3 N–H and O–H groups in total. The number of nitrogens with two attached hydrogens (primary N) is 1. The molecule has 19 heavy (non-hydrogen) atoms. The molecule has 6 heteroatoms. The molecule has 0 fully saturated rings. The van der Waals surface area contributed by atoms with E-state index in [0.29, 0.717) is 11.6 Å². The SMILES string of the molecule is CCC(CC)(OC)c1nc(NN)c2cc(C)sc2n1. The minimum Gasteiger partial charge on any atom is -0.370 e. The Balaban J connectivity index is 2.67. The molecule has 0 spiro atoms. The fourth-order valence-electron chi connectivity index (χ4n) is 2.30. The van der Waals surface area contributed by atoms with Gasteiger partial charge in [-0.15, -0.1) is 11.3 Å². The molecule has 0 saturated carbocycles. The number of anilines is 1. The summed E-state index contributed by atoms with van der Waals surface area (Å²) in [5.74, 6) is 6.94. The smallest absolute Gasteiger partial charge is 0.164 e. The fraction of sp³-hybridized carbons (Fsp3) is 0.538. The number of rotatable bonds is 5.